The molecular formula is C13H12ClIN2OS. The number of hydrogen-bond donors (Lipinski definition) is 0. The molecule has 0 unspecified atom stereocenters. The number of carbonyl (C=O) groups is 1. The Hall–Kier alpha value is -0.660. The van der Waals surface area contributed by atoms with E-state index in [2.05, 4.69) is 27.6 Å². The van der Waals surface area contributed by atoms with Gasteiger partial charge in [0.25, 0.3) is 5.91 Å². The molecule has 3 nitrogen and oxygen atoms in total. The molecule has 0 aliphatic carbocycles. The van der Waals surface area contributed by atoms with Crippen molar-refractivity contribution in [1.82, 2.24) is 9.88 Å². The van der Waals surface area contributed by atoms with Gasteiger partial charge >= 0.3 is 0 Å². The first-order valence-electron chi connectivity index (χ1n) is 5.58. The summed E-state index contributed by atoms with van der Waals surface area (Å²) in [5.74, 6) is -0.0360. The van der Waals surface area contributed by atoms with Gasteiger partial charge in [0.05, 0.1) is 22.8 Å². The molecule has 0 saturated heterocycles. The highest BCUT2D eigenvalue weighted by Crippen LogP contribution is 2.21. The second-order valence-electron chi connectivity index (χ2n) is 4.15. The molecule has 0 radical (unpaired) electrons. The number of hydrogen-bond acceptors (Lipinski definition) is 3. The molecule has 0 atom stereocenters. The quantitative estimate of drug-likeness (QED) is 0.722. The summed E-state index contributed by atoms with van der Waals surface area (Å²) in [6, 6.07) is 5.36. The zero-order valence-electron chi connectivity index (χ0n) is 10.5. The van der Waals surface area contributed by atoms with Gasteiger partial charge in [-0.15, -0.1) is 11.3 Å². The van der Waals surface area contributed by atoms with Crippen LogP contribution in [0.1, 0.15) is 20.9 Å². The van der Waals surface area contributed by atoms with Gasteiger partial charge in [0.1, 0.15) is 0 Å². The zero-order valence-corrected chi connectivity index (χ0v) is 14.2. The van der Waals surface area contributed by atoms with Gasteiger partial charge in [-0.25, -0.2) is 4.98 Å². The number of nitrogens with zero attached hydrogens (tertiary/aromatic N) is 2. The van der Waals surface area contributed by atoms with E-state index < -0.39 is 0 Å². The Bertz CT molecular complexity index is 614. The lowest BCUT2D eigenvalue weighted by atomic mass is 10.2. The number of aromatic nitrogens is 1. The van der Waals surface area contributed by atoms with E-state index in [0.29, 0.717) is 17.1 Å². The van der Waals surface area contributed by atoms with Crippen LogP contribution >= 0.6 is 45.5 Å². The Balaban J connectivity index is 2.15. The molecule has 0 N–H and O–H groups in total. The van der Waals surface area contributed by atoms with Gasteiger partial charge in [-0.2, -0.15) is 0 Å². The first-order valence-corrected chi connectivity index (χ1v) is 7.92. The van der Waals surface area contributed by atoms with Gasteiger partial charge in [0.2, 0.25) is 0 Å². The van der Waals surface area contributed by atoms with E-state index in [9.17, 15) is 4.79 Å². The summed E-state index contributed by atoms with van der Waals surface area (Å²) in [4.78, 5) is 19.3. The third-order valence-corrected chi connectivity index (χ3v) is 5.23. The van der Waals surface area contributed by atoms with Crippen LogP contribution in [0.4, 0.5) is 0 Å². The Morgan fingerprint density at radius 1 is 1.53 bits per heavy atom. The van der Waals surface area contributed by atoms with E-state index >= 15 is 0 Å². The molecule has 1 amide bonds. The molecular weight excluding hydrogens is 395 g/mol. The van der Waals surface area contributed by atoms with Crippen molar-refractivity contribution in [2.24, 2.45) is 0 Å². The molecule has 0 fully saturated rings. The van der Waals surface area contributed by atoms with E-state index in [0.717, 1.165) is 14.1 Å². The van der Waals surface area contributed by atoms with Crippen molar-refractivity contribution in [1.29, 1.82) is 0 Å². The number of thiazole rings is 1. The minimum atomic E-state index is -0.0360. The maximum Gasteiger partial charge on any atom is 0.253 e. The van der Waals surface area contributed by atoms with Crippen molar-refractivity contribution >= 4 is 51.4 Å². The third-order valence-electron chi connectivity index (χ3n) is 2.74. The molecule has 0 bridgehead atoms. The van der Waals surface area contributed by atoms with Crippen LogP contribution in [0.3, 0.4) is 0 Å². The molecule has 0 saturated carbocycles. The lowest BCUT2D eigenvalue weighted by Crippen LogP contribution is -2.26. The van der Waals surface area contributed by atoms with E-state index in [1.165, 1.54) is 0 Å². The van der Waals surface area contributed by atoms with Gasteiger partial charge in [-0.05, 0) is 47.7 Å². The monoisotopic (exact) mass is 406 g/mol. The molecule has 100 valence electrons. The standard InChI is InChI=1S/C13H12ClIN2OS/c1-8-12(19-7-16-8)6-17(2)13(18)9-3-4-11(15)10(14)5-9/h3-5,7H,6H2,1-2H3. The summed E-state index contributed by atoms with van der Waals surface area (Å²) < 4.78 is 0.941. The van der Waals surface area contributed by atoms with Crippen molar-refractivity contribution in [2.75, 3.05) is 7.05 Å². The smallest absolute Gasteiger partial charge is 0.253 e. The predicted molar refractivity (Wildman–Crippen MR) is 86.8 cm³/mol. The summed E-state index contributed by atoms with van der Waals surface area (Å²) in [7, 11) is 1.79. The van der Waals surface area contributed by atoms with Crippen molar-refractivity contribution in [3.05, 3.63) is 48.4 Å². The average molecular weight is 407 g/mol. The summed E-state index contributed by atoms with van der Waals surface area (Å²) in [5.41, 5.74) is 3.38. The SMILES string of the molecule is Cc1ncsc1CN(C)C(=O)c1ccc(I)c(Cl)c1. The highest BCUT2D eigenvalue weighted by molar-refractivity contribution is 14.1. The topological polar surface area (TPSA) is 33.2 Å². The Kier molecular flexibility index (Phi) is 4.81. The van der Waals surface area contributed by atoms with Crippen LogP contribution < -0.4 is 0 Å². The van der Waals surface area contributed by atoms with Crippen molar-refractivity contribution in [3.8, 4) is 0 Å². The first-order chi connectivity index (χ1) is 8.99. The Morgan fingerprint density at radius 2 is 2.26 bits per heavy atom. The number of carbonyl (C=O) groups excluding carboxylic acids is 1. The number of benzene rings is 1. The normalized spacial score (nSPS) is 10.5. The summed E-state index contributed by atoms with van der Waals surface area (Å²) >= 11 is 9.75. The van der Waals surface area contributed by atoms with E-state index in [-0.39, 0.29) is 5.91 Å². The number of amides is 1. The fourth-order valence-electron chi connectivity index (χ4n) is 1.61. The lowest BCUT2D eigenvalue weighted by Gasteiger charge is -2.17. The Morgan fingerprint density at radius 3 is 2.84 bits per heavy atom. The molecule has 1 aromatic heterocycles. The molecule has 2 aromatic rings. The summed E-state index contributed by atoms with van der Waals surface area (Å²) in [6.45, 7) is 2.52. The van der Waals surface area contributed by atoms with Crippen LogP contribution in [-0.2, 0) is 6.54 Å². The van der Waals surface area contributed by atoms with Gasteiger partial charge in [-0.3, -0.25) is 4.79 Å². The van der Waals surface area contributed by atoms with Crippen LogP contribution in [0.15, 0.2) is 23.7 Å². The van der Waals surface area contributed by atoms with Crippen LogP contribution in [0.25, 0.3) is 0 Å². The highest BCUT2D eigenvalue weighted by Gasteiger charge is 2.15. The highest BCUT2D eigenvalue weighted by atomic mass is 127. The molecule has 6 heteroatoms. The number of aryl methyl sites for hydroxylation is 1. The summed E-state index contributed by atoms with van der Waals surface area (Å²) in [5, 5.41) is 0.605. The molecule has 1 heterocycles. The van der Waals surface area contributed by atoms with Crippen molar-refractivity contribution < 1.29 is 4.79 Å². The number of halogens is 2. The molecule has 0 spiro atoms. The van der Waals surface area contributed by atoms with Crippen LogP contribution in [0.5, 0.6) is 0 Å². The summed E-state index contributed by atoms with van der Waals surface area (Å²) in [6.07, 6.45) is 0. The van der Waals surface area contributed by atoms with Crippen molar-refractivity contribution in [2.45, 2.75) is 13.5 Å². The van der Waals surface area contributed by atoms with Crippen LogP contribution in [0, 0.1) is 10.5 Å². The number of rotatable bonds is 3. The van der Waals surface area contributed by atoms with Gasteiger partial charge < -0.3 is 4.90 Å². The largest absolute Gasteiger partial charge is 0.336 e. The van der Waals surface area contributed by atoms with E-state index in [1.54, 1.807) is 40.9 Å². The first kappa shape index (κ1) is 14.7. The lowest BCUT2D eigenvalue weighted by molar-refractivity contribution is 0.0786. The second kappa shape index (κ2) is 6.19. The molecule has 0 aliphatic rings. The maximum absolute atomic E-state index is 12.3. The molecule has 0 aliphatic heterocycles. The molecule has 2 rings (SSSR count). The minimum Gasteiger partial charge on any atom is -0.336 e. The van der Waals surface area contributed by atoms with E-state index in [1.807, 2.05) is 13.0 Å². The fraction of sp³-hybridized carbons (Fsp3) is 0.231. The molecule has 19 heavy (non-hydrogen) atoms. The van der Waals surface area contributed by atoms with Crippen LogP contribution in [-0.4, -0.2) is 22.8 Å². The van der Waals surface area contributed by atoms with Gasteiger partial charge in [-0.1, -0.05) is 11.6 Å². The predicted octanol–water partition coefficient (Wildman–Crippen LogP) is 3.98. The Labute approximate surface area is 134 Å². The van der Waals surface area contributed by atoms with E-state index in [4.69, 9.17) is 11.6 Å². The van der Waals surface area contributed by atoms with Crippen LogP contribution in [0.2, 0.25) is 5.02 Å². The van der Waals surface area contributed by atoms with Gasteiger partial charge in [0.15, 0.2) is 0 Å². The van der Waals surface area contributed by atoms with Crippen molar-refractivity contribution in [3.63, 3.8) is 0 Å². The average Bonchev–Trinajstić information content (AvgIpc) is 2.77. The second-order valence-corrected chi connectivity index (χ2v) is 6.66. The third kappa shape index (κ3) is 3.46. The minimum absolute atomic E-state index is 0.0360. The zero-order chi connectivity index (χ0) is 14.0. The maximum atomic E-state index is 12.3. The fourth-order valence-corrected chi connectivity index (χ4v) is 2.96. The molecule has 1 aromatic carbocycles. The van der Waals surface area contributed by atoms with Gasteiger partial charge in [0, 0.05) is 21.1 Å².